The van der Waals surface area contributed by atoms with Crippen LogP contribution in [0.2, 0.25) is 10.0 Å². The lowest BCUT2D eigenvalue weighted by atomic mass is 9.74. The highest BCUT2D eigenvalue weighted by Crippen LogP contribution is 2.45. The Bertz CT molecular complexity index is 874. The largest absolute Gasteiger partial charge is 0.342 e. The minimum absolute atomic E-state index is 0.211. The van der Waals surface area contributed by atoms with Crippen molar-refractivity contribution in [2.75, 3.05) is 18.0 Å². The molecule has 0 bridgehead atoms. The van der Waals surface area contributed by atoms with Crippen molar-refractivity contribution < 1.29 is 0 Å². The van der Waals surface area contributed by atoms with Crippen LogP contribution in [0, 0.1) is 5.41 Å². The quantitative estimate of drug-likeness (QED) is 0.813. The molecule has 2 fully saturated rings. The molecule has 2 aliphatic rings. The van der Waals surface area contributed by atoms with E-state index in [1.165, 1.54) is 12.8 Å². The molecule has 2 heterocycles. The predicted octanol–water partition coefficient (Wildman–Crippen LogP) is 3.84. The molecule has 1 atom stereocenters. The summed E-state index contributed by atoms with van der Waals surface area (Å²) in [4.78, 5) is 22.1. The summed E-state index contributed by atoms with van der Waals surface area (Å²) in [6.07, 6.45) is 7.27. The number of nitrogens with one attached hydrogen (secondary N) is 1. The number of nitrogens with zero attached hydrogens (tertiary/aromatic N) is 2. The number of anilines is 1. The average molecular weight is 393 g/mol. The standard InChI is InChI=1S/C19H22Cl2N4O/c20-14-4-1-3-12(16(14)21)13-11-23-18(24-17(13)26)25-9-7-19(8-10-25)6-2-5-15(19)22/h1,3-4,11,15H,2,5-10,22H2,(H,23,24,26)/t15-/m1/s1. The van der Waals surface area contributed by atoms with Crippen LogP contribution >= 0.6 is 23.2 Å². The van der Waals surface area contributed by atoms with Crippen molar-refractivity contribution >= 4 is 29.2 Å². The van der Waals surface area contributed by atoms with Gasteiger partial charge in [-0.25, -0.2) is 4.98 Å². The maximum Gasteiger partial charge on any atom is 0.260 e. The summed E-state index contributed by atoms with van der Waals surface area (Å²) in [6.45, 7) is 1.74. The predicted molar refractivity (Wildman–Crippen MR) is 106 cm³/mol. The smallest absolute Gasteiger partial charge is 0.260 e. The van der Waals surface area contributed by atoms with Crippen LogP contribution in [0.4, 0.5) is 5.95 Å². The number of benzene rings is 1. The highest BCUT2D eigenvalue weighted by molar-refractivity contribution is 6.43. The molecular weight excluding hydrogens is 371 g/mol. The second-order valence-electron chi connectivity index (χ2n) is 7.40. The third-order valence-corrected chi connectivity index (χ3v) is 6.88. The third kappa shape index (κ3) is 3.02. The number of hydrogen-bond donors (Lipinski definition) is 2. The fourth-order valence-electron chi connectivity index (χ4n) is 4.40. The topological polar surface area (TPSA) is 75.0 Å². The van der Waals surface area contributed by atoms with Gasteiger partial charge in [-0.05, 0) is 37.2 Å². The first kappa shape index (κ1) is 17.8. The van der Waals surface area contributed by atoms with Crippen LogP contribution in [-0.2, 0) is 0 Å². The van der Waals surface area contributed by atoms with Gasteiger partial charge in [0.2, 0.25) is 5.95 Å². The van der Waals surface area contributed by atoms with Gasteiger partial charge >= 0.3 is 0 Å². The lowest BCUT2D eigenvalue weighted by molar-refractivity contribution is 0.197. The zero-order chi connectivity index (χ0) is 18.3. The van der Waals surface area contributed by atoms with Crippen LogP contribution in [0.25, 0.3) is 11.1 Å². The molecule has 1 saturated carbocycles. The van der Waals surface area contributed by atoms with Crippen molar-refractivity contribution in [1.82, 2.24) is 9.97 Å². The fraction of sp³-hybridized carbons (Fsp3) is 0.474. The second-order valence-corrected chi connectivity index (χ2v) is 8.18. The number of hydrogen-bond acceptors (Lipinski definition) is 4. The summed E-state index contributed by atoms with van der Waals surface area (Å²) in [5, 5.41) is 0.784. The molecule has 1 aliphatic heterocycles. The van der Waals surface area contributed by atoms with Crippen LogP contribution in [0.15, 0.2) is 29.2 Å². The van der Waals surface area contributed by atoms with Gasteiger partial charge in [0, 0.05) is 30.9 Å². The molecule has 1 aromatic carbocycles. The van der Waals surface area contributed by atoms with Crippen molar-refractivity contribution in [3.05, 3.63) is 44.8 Å². The van der Waals surface area contributed by atoms with E-state index in [1.807, 2.05) is 0 Å². The Balaban J connectivity index is 1.56. The number of aromatic amines is 1. The van der Waals surface area contributed by atoms with Crippen molar-refractivity contribution in [2.24, 2.45) is 11.1 Å². The molecular formula is C19H22Cl2N4O. The molecule has 138 valence electrons. The number of rotatable bonds is 2. The summed E-state index contributed by atoms with van der Waals surface area (Å²) in [5.41, 5.74) is 7.44. The van der Waals surface area contributed by atoms with E-state index < -0.39 is 0 Å². The molecule has 0 radical (unpaired) electrons. The maximum absolute atomic E-state index is 12.6. The summed E-state index contributed by atoms with van der Waals surface area (Å²) in [6, 6.07) is 5.54. The van der Waals surface area contributed by atoms with E-state index in [9.17, 15) is 4.79 Å². The molecule has 1 saturated heterocycles. The molecule has 26 heavy (non-hydrogen) atoms. The van der Waals surface area contributed by atoms with Crippen molar-refractivity contribution in [1.29, 1.82) is 0 Å². The van der Waals surface area contributed by atoms with Crippen molar-refractivity contribution in [3.8, 4) is 11.1 Å². The Morgan fingerprint density at radius 2 is 1.96 bits per heavy atom. The lowest BCUT2D eigenvalue weighted by Gasteiger charge is -2.42. The molecule has 2 aromatic rings. The van der Waals surface area contributed by atoms with Gasteiger partial charge in [0.1, 0.15) is 0 Å². The molecule has 1 spiro atoms. The van der Waals surface area contributed by atoms with E-state index in [1.54, 1.807) is 24.4 Å². The van der Waals surface area contributed by atoms with Crippen LogP contribution in [0.5, 0.6) is 0 Å². The lowest BCUT2D eigenvalue weighted by Crippen LogP contribution is -2.47. The number of nitrogens with two attached hydrogens (primary N) is 1. The zero-order valence-electron chi connectivity index (χ0n) is 14.5. The van der Waals surface area contributed by atoms with E-state index >= 15 is 0 Å². The molecule has 1 aliphatic carbocycles. The van der Waals surface area contributed by atoms with Gasteiger partial charge in [-0.1, -0.05) is 41.8 Å². The van der Waals surface area contributed by atoms with E-state index in [2.05, 4.69) is 14.9 Å². The van der Waals surface area contributed by atoms with Crippen molar-refractivity contribution in [2.45, 2.75) is 38.1 Å². The number of H-pyrrole nitrogens is 1. The summed E-state index contributed by atoms with van der Waals surface area (Å²) >= 11 is 12.3. The molecule has 4 rings (SSSR count). The van der Waals surface area contributed by atoms with Crippen LogP contribution < -0.4 is 16.2 Å². The monoisotopic (exact) mass is 392 g/mol. The van der Waals surface area contributed by atoms with Gasteiger partial charge in [-0.3, -0.25) is 9.78 Å². The molecule has 5 nitrogen and oxygen atoms in total. The first-order valence-electron chi connectivity index (χ1n) is 9.04. The van der Waals surface area contributed by atoms with Gasteiger partial charge in [0.15, 0.2) is 0 Å². The molecule has 0 amide bonds. The van der Waals surface area contributed by atoms with E-state index in [-0.39, 0.29) is 11.0 Å². The molecule has 3 N–H and O–H groups in total. The molecule has 7 heteroatoms. The second kappa shape index (κ2) is 6.87. The highest BCUT2D eigenvalue weighted by Gasteiger charge is 2.43. The van der Waals surface area contributed by atoms with E-state index in [0.717, 1.165) is 32.4 Å². The SMILES string of the molecule is N[C@@H]1CCCC12CCN(c1ncc(-c3cccc(Cl)c3Cl)c(=O)[nH]1)CC2. The molecule has 0 unspecified atom stereocenters. The summed E-state index contributed by atoms with van der Waals surface area (Å²) < 4.78 is 0. The number of aromatic nitrogens is 2. The Kier molecular flexibility index (Phi) is 4.71. The first-order valence-corrected chi connectivity index (χ1v) is 9.80. The van der Waals surface area contributed by atoms with E-state index in [0.29, 0.717) is 33.2 Å². The summed E-state index contributed by atoms with van der Waals surface area (Å²) in [5.74, 6) is 0.610. The van der Waals surface area contributed by atoms with Crippen LogP contribution in [0.1, 0.15) is 32.1 Å². The molecule has 1 aromatic heterocycles. The van der Waals surface area contributed by atoms with Gasteiger partial charge in [-0.15, -0.1) is 0 Å². The fourth-order valence-corrected chi connectivity index (χ4v) is 4.80. The maximum atomic E-state index is 12.6. The van der Waals surface area contributed by atoms with Gasteiger partial charge in [0.05, 0.1) is 15.6 Å². The zero-order valence-corrected chi connectivity index (χ0v) is 16.0. The van der Waals surface area contributed by atoms with Crippen LogP contribution in [0.3, 0.4) is 0 Å². The van der Waals surface area contributed by atoms with Gasteiger partial charge < -0.3 is 10.6 Å². The van der Waals surface area contributed by atoms with E-state index in [4.69, 9.17) is 28.9 Å². The Hall–Kier alpha value is -1.56. The van der Waals surface area contributed by atoms with Crippen LogP contribution in [-0.4, -0.2) is 29.1 Å². The Labute approximate surface area is 162 Å². The minimum atomic E-state index is -0.211. The van der Waals surface area contributed by atoms with Gasteiger partial charge in [0.25, 0.3) is 5.56 Å². The summed E-state index contributed by atoms with van der Waals surface area (Å²) in [7, 11) is 0. The van der Waals surface area contributed by atoms with Crippen molar-refractivity contribution in [3.63, 3.8) is 0 Å². The average Bonchev–Trinajstić information content (AvgIpc) is 2.98. The third-order valence-electron chi connectivity index (χ3n) is 6.06. The number of piperidine rings is 1. The normalized spacial score (nSPS) is 22.1. The Morgan fingerprint density at radius 1 is 1.19 bits per heavy atom. The number of halogens is 2. The highest BCUT2D eigenvalue weighted by atomic mass is 35.5. The van der Waals surface area contributed by atoms with Gasteiger partial charge in [-0.2, -0.15) is 0 Å². The minimum Gasteiger partial charge on any atom is -0.342 e. The Morgan fingerprint density at radius 3 is 2.62 bits per heavy atom. The first-order chi connectivity index (χ1) is 12.5.